The fourth-order valence-corrected chi connectivity index (χ4v) is 10.7. The van der Waals surface area contributed by atoms with E-state index in [9.17, 15) is 34.8 Å². The van der Waals surface area contributed by atoms with Gasteiger partial charge in [-0.3, -0.25) is 19.3 Å². The maximum atomic E-state index is 14.4. The number of likely N-dealkylation sites (N-methyl/N-ethyl adjacent to an activating group) is 2. The molecule has 3 saturated heterocycles. The van der Waals surface area contributed by atoms with Gasteiger partial charge in [-0.2, -0.15) is 0 Å². The molecule has 3 fully saturated rings. The Morgan fingerprint density at radius 1 is 0.882 bits per heavy atom. The Balaban J connectivity index is 1.67. The van der Waals surface area contributed by atoms with Crippen molar-refractivity contribution in [1.82, 2.24) is 15.1 Å². The molecule has 17 heteroatoms. The van der Waals surface area contributed by atoms with E-state index >= 15 is 0 Å². The molecule has 0 aliphatic carbocycles. The highest BCUT2D eigenvalue weighted by Crippen LogP contribution is 2.42. The number of aliphatic hydroxyl groups is 4. The predicted molar refractivity (Wildman–Crippen MR) is 255 cm³/mol. The third kappa shape index (κ3) is 13.6. The van der Waals surface area contributed by atoms with Crippen molar-refractivity contribution in [2.24, 2.45) is 23.7 Å². The third-order valence-electron chi connectivity index (χ3n) is 15.4. The van der Waals surface area contributed by atoms with Crippen molar-refractivity contribution < 1.29 is 68.0 Å². The molecule has 1 aromatic rings. The first-order valence-electron chi connectivity index (χ1n) is 24.7. The van der Waals surface area contributed by atoms with Crippen LogP contribution in [0.4, 0.5) is 0 Å². The van der Waals surface area contributed by atoms with Crippen LogP contribution in [-0.2, 0) is 54.0 Å². The Hall–Kier alpha value is -2.65. The summed E-state index contributed by atoms with van der Waals surface area (Å²) >= 11 is 0. The molecule has 1 aromatic carbocycles. The van der Waals surface area contributed by atoms with Gasteiger partial charge in [-0.1, -0.05) is 58.0 Å². The van der Waals surface area contributed by atoms with Crippen molar-refractivity contribution in [2.75, 3.05) is 48.5 Å². The van der Waals surface area contributed by atoms with Gasteiger partial charge in [0.2, 0.25) is 5.91 Å². The minimum Gasteiger partial charge on any atom is -0.459 e. The SMILES string of the molecule is CC[C@H]1OC(=O)[C@H](C)[C@@H](O[C@H]2C[C@@](C)(OC)[C@@H](O)[C@H](C)O2)[C@H](C)[C@@H](O[C@H]2O[C@H](C)C[C@H](N(C)CCCNC(=O)C(Cc3ccccc3)N(C)C)[C@H]2O)[C@](C)(OC)C[C@@H](C)C(=O)[C@H](C)[C@@H](O)[C@]1(C)O. The van der Waals surface area contributed by atoms with Crippen LogP contribution in [0.25, 0.3) is 0 Å². The Labute approximate surface area is 405 Å². The molecule has 17 nitrogen and oxygen atoms in total. The largest absolute Gasteiger partial charge is 0.459 e. The monoisotopic (exact) mass is 966 g/mol. The summed E-state index contributed by atoms with van der Waals surface area (Å²) in [4.78, 5) is 46.0. The lowest BCUT2D eigenvalue weighted by Crippen LogP contribution is -2.61. The molecular formula is C51H87N3O14. The van der Waals surface area contributed by atoms with Crippen molar-refractivity contribution >= 4 is 17.7 Å². The standard InChI is InChI=1S/C51H87N3O14/c1-16-38-51(10,61)43(57)31(4)40(55)29(2)27-50(9,63-15)45(32(5)42(33(6)47(60)66-38)67-39-28-49(8,62-14)44(58)34(7)65-39)68-48-41(56)36(25-30(3)64-48)54(13)24-20-23-52-46(59)37(53(11)12)26-35-21-18-17-19-22-35/h17-19,21-22,29-34,36-39,41-45,48,56-58,61H,16,20,23-28H2,1-15H3,(H,52,59)/t29-,30-,31+,32+,33-,34+,36+,37?,38-,39+,41-,42+,43-,44+,45-,48-,49-,50-,51-/m1/s1. The van der Waals surface area contributed by atoms with Gasteiger partial charge in [-0.25, -0.2) is 0 Å². The van der Waals surface area contributed by atoms with Gasteiger partial charge in [-0.15, -0.1) is 0 Å². The summed E-state index contributed by atoms with van der Waals surface area (Å²) in [5, 5.41) is 49.8. The van der Waals surface area contributed by atoms with Gasteiger partial charge in [0.25, 0.3) is 0 Å². The number of ketones is 1. The molecule has 3 aliphatic heterocycles. The number of carbonyl (C=O) groups excluding carboxylic acids is 3. The van der Waals surface area contributed by atoms with Crippen LogP contribution in [-0.4, -0.2) is 187 Å². The van der Waals surface area contributed by atoms with Crippen molar-refractivity contribution in [1.29, 1.82) is 0 Å². The molecule has 0 saturated carbocycles. The zero-order valence-electron chi connectivity index (χ0n) is 43.5. The minimum atomic E-state index is -2.00. The number of nitrogens with one attached hydrogen (secondary N) is 1. The number of nitrogens with zero attached hydrogens (tertiary/aromatic N) is 2. The van der Waals surface area contributed by atoms with E-state index in [2.05, 4.69) is 5.32 Å². The average molecular weight is 966 g/mol. The van der Waals surface area contributed by atoms with Crippen molar-refractivity contribution in [2.45, 2.75) is 198 Å². The Kier molecular flexibility index (Phi) is 21.0. The molecule has 0 spiro atoms. The van der Waals surface area contributed by atoms with Gasteiger partial charge < -0.3 is 63.8 Å². The zero-order valence-corrected chi connectivity index (χ0v) is 43.5. The number of amides is 1. The second-order valence-electron chi connectivity index (χ2n) is 21.0. The molecule has 3 aliphatic rings. The molecule has 5 N–H and O–H groups in total. The van der Waals surface area contributed by atoms with Crippen molar-refractivity contribution in [3.05, 3.63) is 35.9 Å². The van der Waals surface area contributed by atoms with Gasteiger partial charge in [0, 0.05) is 51.0 Å². The summed E-state index contributed by atoms with van der Waals surface area (Å²) in [7, 11) is 8.71. The van der Waals surface area contributed by atoms with Gasteiger partial charge in [-0.05, 0) is 107 Å². The average Bonchev–Trinajstić information content (AvgIpc) is 3.30. The fourth-order valence-electron chi connectivity index (χ4n) is 10.7. The number of aliphatic hydroxyl groups excluding tert-OH is 3. The highest BCUT2D eigenvalue weighted by atomic mass is 16.7. The molecule has 1 amide bonds. The van der Waals surface area contributed by atoms with Gasteiger partial charge >= 0.3 is 5.97 Å². The maximum Gasteiger partial charge on any atom is 0.311 e. The number of ether oxygens (including phenoxy) is 7. The van der Waals surface area contributed by atoms with Crippen LogP contribution in [0.3, 0.4) is 0 Å². The Morgan fingerprint density at radius 3 is 2.10 bits per heavy atom. The van der Waals surface area contributed by atoms with Gasteiger partial charge in [0.15, 0.2) is 12.6 Å². The Bertz CT molecular complexity index is 1760. The van der Waals surface area contributed by atoms with Gasteiger partial charge in [0.1, 0.15) is 29.7 Å². The molecular weight excluding hydrogens is 879 g/mol. The van der Waals surface area contributed by atoms with Crippen molar-refractivity contribution in [3.8, 4) is 0 Å². The zero-order chi connectivity index (χ0) is 51.1. The highest BCUT2D eigenvalue weighted by molar-refractivity contribution is 5.83. The van der Waals surface area contributed by atoms with Crippen LogP contribution in [0.5, 0.6) is 0 Å². The molecule has 390 valence electrons. The number of hydrogen-bond acceptors (Lipinski definition) is 16. The smallest absolute Gasteiger partial charge is 0.311 e. The maximum absolute atomic E-state index is 14.4. The minimum absolute atomic E-state index is 0.0633. The summed E-state index contributed by atoms with van der Waals surface area (Å²) in [6.07, 6.45) is -8.37. The van der Waals surface area contributed by atoms with E-state index in [1.165, 1.54) is 21.1 Å². The number of esters is 1. The predicted octanol–water partition coefficient (Wildman–Crippen LogP) is 3.49. The van der Waals surface area contributed by atoms with E-state index in [4.69, 9.17) is 33.2 Å². The van der Waals surface area contributed by atoms with E-state index in [-0.39, 0.29) is 43.1 Å². The second-order valence-corrected chi connectivity index (χ2v) is 21.0. The Morgan fingerprint density at radius 2 is 1.51 bits per heavy atom. The molecule has 3 heterocycles. The van der Waals surface area contributed by atoms with E-state index in [0.717, 1.165) is 5.56 Å². The first-order chi connectivity index (χ1) is 31.8. The number of carbonyl (C=O) groups is 3. The van der Waals surface area contributed by atoms with Crippen LogP contribution < -0.4 is 5.32 Å². The number of hydrogen-bond donors (Lipinski definition) is 5. The number of benzene rings is 1. The number of rotatable bonds is 16. The molecule has 0 radical (unpaired) electrons. The lowest BCUT2D eigenvalue weighted by Gasteiger charge is -2.50. The summed E-state index contributed by atoms with van der Waals surface area (Å²) in [6.45, 7) is 18.0. The van der Waals surface area contributed by atoms with E-state index in [1.807, 2.05) is 75.1 Å². The normalized spacial score (nSPS) is 40.7. The first kappa shape index (κ1) is 57.9. The molecule has 68 heavy (non-hydrogen) atoms. The lowest BCUT2D eigenvalue weighted by molar-refractivity contribution is -0.319. The quantitative estimate of drug-likeness (QED) is 0.118. The molecule has 4 rings (SSSR count). The van der Waals surface area contributed by atoms with Crippen LogP contribution in [0.1, 0.15) is 107 Å². The lowest BCUT2D eigenvalue weighted by atomic mass is 9.74. The number of methoxy groups -OCH3 is 2. The summed E-state index contributed by atoms with van der Waals surface area (Å²) in [5.41, 5.74) is -3.32. The first-order valence-corrected chi connectivity index (χ1v) is 24.7. The van der Waals surface area contributed by atoms with E-state index < -0.39 is 108 Å². The number of cyclic esters (lactones) is 1. The summed E-state index contributed by atoms with van der Waals surface area (Å²) in [6, 6.07) is 9.14. The van der Waals surface area contributed by atoms with E-state index in [0.29, 0.717) is 32.4 Å². The van der Waals surface area contributed by atoms with Crippen molar-refractivity contribution in [3.63, 3.8) is 0 Å². The summed E-state index contributed by atoms with van der Waals surface area (Å²) < 4.78 is 44.7. The molecule has 1 unspecified atom stereocenters. The van der Waals surface area contributed by atoms with Crippen LogP contribution >= 0.6 is 0 Å². The third-order valence-corrected chi connectivity index (χ3v) is 15.4. The molecule has 0 bridgehead atoms. The fraction of sp³-hybridized carbons (Fsp3) is 0.824. The van der Waals surface area contributed by atoms with Crippen LogP contribution in [0, 0.1) is 23.7 Å². The summed E-state index contributed by atoms with van der Waals surface area (Å²) in [5.74, 6) is -4.79. The van der Waals surface area contributed by atoms with Crippen LogP contribution in [0.2, 0.25) is 0 Å². The van der Waals surface area contributed by atoms with Crippen LogP contribution in [0.15, 0.2) is 30.3 Å². The number of Topliss-reactive ketones (excluding diaryl/α,β-unsaturated/α-hetero) is 1. The van der Waals surface area contributed by atoms with Gasteiger partial charge in [0.05, 0.1) is 53.7 Å². The second kappa shape index (κ2) is 24.7. The molecule has 0 aromatic heterocycles. The van der Waals surface area contributed by atoms with E-state index in [1.54, 1.807) is 48.5 Å². The highest BCUT2D eigenvalue weighted by Gasteiger charge is 2.54. The molecule has 19 atom stereocenters. The topological polar surface area (TPSA) is 215 Å².